The Morgan fingerprint density at radius 1 is 1.29 bits per heavy atom. The lowest BCUT2D eigenvalue weighted by atomic mass is 9.83. The van der Waals surface area contributed by atoms with Crippen molar-refractivity contribution in [1.82, 2.24) is 10.2 Å². The Hall–Kier alpha value is -1.55. The number of nitrogens with one attached hydrogen (secondary N) is 1. The number of hydrogen-bond acceptors (Lipinski definition) is 2. The van der Waals surface area contributed by atoms with E-state index in [9.17, 15) is 9.59 Å². The monoisotopic (exact) mass is 308 g/mol. The van der Waals surface area contributed by atoms with E-state index in [0.29, 0.717) is 11.6 Å². The molecular formula is C16H21ClN2O2. The Morgan fingerprint density at radius 2 is 1.95 bits per heavy atom. The van der Waals surface area contributed by atoms with E-state index in [1.807, 2.05) is 39.0 Å². The van der Waals surface area contributed by atoms with Gasteiger partial charge in [-0.3, -0.25) is 9.59 Å². The summed E-state index contributed by atoms with van der Waals surface area (Å²) in [5, 5.41) is 3.38. The molecule has 2 unspecified atom stereocenters. The van der Waals surface area contributed by atoms with Gasteiger partial charge in [-0.1, -0.05) is 44.5 Å². The molecule has 21 heavy (non-hydrogen) atoms. The molecule has 1 aromatic carbocycles. The SMILES string of the molecule is CC1NC(=O)C(C(C)(C)C)N(Cc2cccc(Cl)c2)C1=O. The normalized spacial score (nSPS) is 23.2. The molecule has 2 atom stereocenters. The lowest BCUT2D eigenvalue weighted by Gasteiger charge is -2.44. The first-order chi connectivity index (χ1) is 9.70. The molecule has 2 rings (SSSR count). The second-order valence-corrected chi connectivity index (χ2v) is 7.03. The third-order valence-electron chi connectivity index (χ3n) is 3.63. The predicted octanol–water partition coefficient (Wildman–Crippen LogP) is 2.60. The number of halogens is 1. The first-order valence-corrected chi connectivity index (χ1v) is 7.43. The van der Waals surface area contributed by atoms with E-state index in [4.69, 9.17) is 11.6 Å². The fraction of sp³-hybridized carbons (Fsp3) is 0.500. The molecule has 1 aliphatic rings. The minimum Gasteiger partial charge on any atom is -0.343 e. The van der Waals surface area contributed by atoms with Gasteiger partial charge in [0, 0.05) is 11.6 Å². The molecular weight excluding hydrogens is 288 g/mol. The highest BCUT2D eigenvalue weighted by molar-refractivity contribution is 6.30. The Morgan fingerprint density at radius 3 is 2.52 bits per heavy atom. The number of carbonyl (C=O) groups is 2. The Bertz CT molecular complexity index is 566. The summed E-state index contributed by atoms with van der Waals surface area (Å²) in [5.41, 5.74) is 0.588. The van der Waals surface area contributed by atoms with Gasteiger partial charge in [-0.25, -0.2) is 0 Å². The van der Waals surface area contributed by atoms with Crippen LogP contribution in [0.1, 0.15) is 33.3 Å². The van der Waals surface area contributed by atoms with Crippen molar-refractivity contribution in [2.24, 2.45) is 5.41 Å². The second kappa shape index (κ2) is 5.68. The van der Waals surface area contributed by atoms with E-state index in [1.165, 1.54) is 0 Å². The Kier molecular flexibility index (Phi) is 4.28. The van der Waals surface area contributed by atoms with Crippen molar-refractivity contribution >= 4 is 23.4 Å². The van der Waals surface area contributed by atoms with Crippen molar-refractivity contribution in [3.63, 3.8) is 0 Å². The molecule has 1 N–H and O–H groups in total. The van der Waals surface area contributed by atoms with Gasteiger partial charge in [-0.05, 0) is 30.0 Å². The van der Waals surface area contributed by atoms with Crippen LogP contribution in [0.5, 0.6) is 0 Å². The van der Waals surface area contributed by atoms with Gasteiger partial charge in [-0.2, -0.15) is 0 Å². The van der Waals surface area contributed by atoms with E-state index in [-0.39, 0.29) is 17.2 Å². The smallest absolute Gasteiger partial charge is 0.245 e. The third-order valence-corrected chi connectivity index (χ3v) is 3.87. The van der Waals surface area contributed by atoms with Crippen LogP contribution >= 0.6 is 11.6 Å². The van der Waals surface area contributed by atoms with E-state index in [0.717, 1.165) is 5.56 Å². The largest absolute Gasteiger partial charge is 0.343 e. The van der Waals surface area contributed by atoms with Crippen molar-refractivity contribution in [2.45, 2.75) is 46.3 Å². The third kappa shape index (κ3) is 3.38. The number of carbonyl (C=O) groups excluding carboxylic acids is 2. The molecule has 0 spiro atoms. The minimum atomic E-state index is -0.490. The van der Waals surface area contributed by atoms with Gasteiger partial charge in [0.1, 0.15) is 12.1 Å². The Labute approximate surface area is 130 Å². The van der Waals surface area contributed by atoms with Crippen molar-refractivity contribution in [3.05, 3.63) is 34.9 Å². The molecule has 1 heterocycles. The molecule has 0 aliphatic carbocycles. The lowest BCUT2D eigenvalue weighted by Crippen LogP contribution is -2.65. The van der Waals surface area contributed by atoms with Crippen molar-refractivity contribution in [1.29, 1.82) is 0 Å². The maximum Gasteiger partial charge on any atom is 0.245 e. The van der Waals surface area contributed by atoms with Crippen LogP contribution in [0.15, 0.2) is 24.3 Å². The molecule has 0 radical (unpaired) electrons. The summed E-state index contributed by atoms with van der Waals surface area (Å²) < 4.78 is 0. The molecule has 1 fully saturated rings. The van der Waals surface area contributed by atoms with E-state index < -0.39 is 12.1 Å². The summed E-state index contributed by atoms with van der Waals surface area (Å²) in [5.74, 6) is -0.161. The van der Waals surface area contributed by atoms with Gasteiger partial charge in [-0.15, -0.1) is 0 Å². The lowest BCUT2D eigenvalue weighted by molar-refractivity contribution is -0.154. The van der Waals surface area contributed by atoms with Crippen LogP contribution in [0.25, 0.3) is 0 Å². The highest BCUT2D eigenvalue weighted by Gasteiger charge is 2.44. The van der Waals surface area contributed by atoms with E-state index >= 15 is 0 Å². The van der Waals surface area contributed by atoms with Gasteiger partial charge in [0.15, 0.2) is 0 Å². The summed E-state index contributed by atoms with van der Waals surface area (Å²) in [7, 11) is 0. The van der Waals surface area contributed by atoms with Crippen molar-refractivity contribution in [3.8, 4) is 0 Å². The quantitative estimate of drug-likeness (QED) is 0.913. The van der Waals surface area contributed by atoms with Crippen molar-refractivity contribution < 1.29 is 9.59 Å². The molecule has 1 aliphatic heterocycles. The fourth-order valence-corrected chi connectivity index (χ4v) is 2.95. The first-order valence-electron chi connectivity index (χ1n) is 7.05. The first kappa shape index (κ1) is 15.8. The summed E-state index contributed by atoms with van der Waals surface area (Å²) in [6, 6.07) is 6.40. The van der Waals surface area contributed by atoms with Crippen molar-refractivity contribution in [2.75, 3.05) is 0 Å². The summed E-state index contributed by atoms with van der Waals surface area (Å²) in [4.78, 5) is 26.5. The fourth-order valence-electron chi connectivity index (χ4n) is 2.73. The molecule has 114 valence electrons. The molecule has 5 heteroatoms. The number of hydrogen-bond donors (Lipinski definition) is 1. The highest BCUT2D eigenvalue weighted by atomic mass is 35.5. The molecule has 1 saturated heterocycles. The van der Waals surface area contributed by atoms with Crippen LogP contribution in [0.3, 0.4) is 0 Å². The molecule has 2 amide bonds. The van der Waals surface area contributed by atoms with Gasteiger partial charge in [0.25, 0.3) is 0 Å². The van der Waals surface area contributed by atoms with Crippen LogP contribution in [0.4, 0.5) is 0 Å². The van der Waals surface area contributed by atoms with E-state index in [2.05, 4.69) is 5.32 Å². The second-order valence-electron chi connectivity index (χ2n) is 6.59. The van der Waals surface area contributed by atoms with Crippen LogP contribution in [-0.2, 0) is 16.1 Å². The average molecular weight is 309 g/mol. The predicted molar refractivity (Wildman–Crippen MR) is 82.8 cm³/mol. The van der Waals surface area contributed by atoms with E-state index in [1.54, 1.807) is 17.9 Å². The Balaban J connectivity index is 2.34. The summed E-state index contributed by atoms with van der Waals surface area (Å²) >= 11 is 6.00. The standard InChI is InChI=1S/C16H21ClN2O2/c1-10-15(21)19(9-11-6-5-7-12(17)8-11)13(14(20)18-10)16(2,3)4/h5-8,10,13H,9H2,1-4H3,(H,18,20). The number of amides is 2. The summed E-state index contributed by atoms with van der Waals surface area (Å²) in [6.07, 6.45) is 0. The highest BCUT2D eigenvalue weighted by Crippen LogP contribution is 2.29. The maximum atomic E-state index is 12.5. The number of benzene rings is 1. The molecule has 0 bridgehead atoms. The summed E-state index contributed by atoms with van der Waals surface area (Å²) in [6.45, 7) is 7.99. The minimum absolute atomic E-state index is 0.0606. The van der Waals surface area contributed by atoms with Gasteiger partial charge in [0.05, 0.1) is 0 Å². The van der Waals surface area contributed by atoms with Crippen LogP contribution in [0.2, 0.25) is 5.02 Å². The molecule has 4 nitrogen and oxygen atoms in total. The zero-order chi connectivity index (χ0) is 15.8. The van der Waals surface area contributed by atoms with Gasteiger partial charge in [0.2, 0.25) is 11.8 Å². The van der Waals surface area contributed by atoms with Gasteiger partial charge >= 0.3 is 0 Å². The molecule has 0 aromatic heterocycles. The van der Waals surface area contributed by atoms with Crippen LogP contribution in [-0.4, -0.2) is 28.8 Å². The zero-order valence-electron chi connectivity index (χ0n) is 12.8. The van der Waals surface area contributed by atoms with Gasteiger partial charge < -0.3 is 10.2 Å². The number of rotatable bonds is 2. The van der Waals surface area contributed by atoms with Crippen LogP contribution in [0, 0.1) is 5.41 Å². The maximum absolute atomic E-state index is 12.5. The molecule has 0 saturated carbocycles. The topological polar surface area (TPSA) is 49.4 Å². The zero-order valence-corrected chi connectivity index (χ0v) is 13.6. The number of nitrogens with zero attached hydrogens (tertiary/aromatic N) is 1. The molecule has 1 aromatic rings. The number of piperazine rings is 1. The van der Waals surface area contributed by atoms with Crippen LogP contribution < -0.4 is 5.32 Å². The average Bonchev–Trinajstić information content (AvgIpc) is 2.34.